The van der Waals surface area contributed by atoms with Gasteiger partial charge in [0.05, 0.1) is 39.2 Å². The molecule has 0 aromatic heterocycles. The van der Waals surface area contributed by atoms with Crippen LogP contribution in [0.25, 0.3) is 4.98 Å². The Kier molecular flexibility index (Phi) is 6.83. The summed E-state index contributed by atoms with van der Waals surface area (Å²) in [5.74, 6) is 1.29. The molecular weight excluding hydrogens is 350 g/mol. The third kappa shape index (κ3) is 4.58. The molecule has 1 amide bonds. The second kappa shape index (κ2) is 9.29. The molecule has 0 heterocycles. The third-order valence-corrected chi connectivity index (χ3v) is 3.66. The summed E-state index contributed by atoms with van der Waals surface area (Å²) in [7, 11) is 3.02. The largest absolute Gasteiger partial charge is 0.493 e. The molecule has 0 bridgehead atoms. The Bertz CT molecular complexity index is 861. The van der Waals surface area contributed by atoms with Crippen molar-refractivity contribution in [3.05, 3.63) is 40.9 Å². The molecule has 8 heteroatoms. The Balaban J connectivity index is 2.38. The van der Waals surface area contributed by atoms with E-state index in [-0.39, 0.29) is 11.6 Å². The summed E-state index contributed by atoms with van der Waals surface area (Å²) in [5, 5.41) is 12.0. The molecule has 0 aliphatic rings. The highest BCUT2D eigenvalue weighted by atomic mass is 16.5. The van der Waals surface area contributed by atoms with E-state index in [1.807, 2.05) is 6.92 Å². The lowest BCUT2D eigenvalue weighted by molar-refractivity contribution is 0.102. The molecule has 0 saturated heterocycles. The number of nitrogens with one attached hydrogen (secondary N) is 1. The fourth-order valence-corrected chi connectivity index (χ4v) is 2.44. The number of diazo groups is 1. The molecule has 1 N–H and O–H groups in total. The first-order chi connectivity index (χ1) is 13.1. The summed E-state index contributed by atoms with van der Waals surface area (Å²) >= 11 is 0. The average Bonchev–Trinajstić information content (AvgIpc) is 2.69. The van der Waals surface area contributed by atoms with E-state index in [1.165, 1.54) is 20.3 Å². The third-order valence-electron chi connectivity index (χ3n) is 3.66. The maximum Gasteiger partial charge on any atom is 0.430 e. The van der Waals surface area contributed by atoms with Gasteiger partial charge in [0.15, 0.2) is 22.2 Å². The molecule has 0 aliphatic heterocycles. The molecule has 8 nitrogen and oxygen atoms in total. The number of amides is 1. The van der Waals surface area contributed by atoms with Gasteiger partial charge in [-0.2, -0.15) is 0 Å². The van der Waals surface area contributed by atoms with Crippen molar-refractivity contribution in [3.8, 4) is 23.0 Å². The summed E-state index contributed by atoms with van der Waals surface area (Å²) in [6.07, 6.45) is 0. The van der Waals surface area contributed by atoms with E-state index in [9.17, 15) is 10.2 Å². The lowest BCUT2D eigenvalue weighted by Gasteiger charge is -2.13. The molecule has 0 spiro atoms. The highest BCUT2D eigenvalue weighted by Gasteiger charge is 2.22. The van der Waals surface area contributed by atoms with Gasteiger partial charge < -0.3 is 24.3 Å². The maximum absolute atomic E-state index is 12.7. The van der Waals surface area contributed by atoms with Gasteiger partial charge in [-0.3, -0.25) is 4.79 Å². The zero-order valence-corrected chi connectivity index (χ0v) is 15.7. The van der Waals surface area contributed by atoms with Crippen LogP contribution in [0.3, 0.4) is 0 Å². The molecular formula is C19H22N3O5+. The number of nitrogens with zero attached hydrogens (tertiary/aromatic N) is 2. The van der Waals surface area contributed by atoms with Crippen molar-refractivity contribution in [2.75, 3.05) is 32.8 Å². The zero-order chi connectivity index (χ0) is 19.8. The highest BCUT2D eigenvalue weighted by molar-refractivity contribution is 6.05. The number of hydrogen-bond donors (Lipinski definition) is 1. The van der Waals surface area contributed by atoms with Crippen molar-refractivity contribution in [2.45, 2.75) is 13.8 Å². The molecule has 0 saturated carbocycles. The SMILES string of the molecule is CCOc1cc(NC(=O)c2ccc(OC)c(OC)c2)c(OCC)cc1[N+]#N. The summed E-state index contributed by atoms with van der Waals surface area (Å²) in [6.45, 7) is 4.36. The summed E-state index contributed by atoms with van der Waals surface area (Å²) < 4.78 is 21.4. The van der Waals surface area contributed by atoms with Crippen molar-refractivity contribution in [1.82, 2.24) is 0 Å². The molecule has 27 heavy (non-hydrogen) atoms. The van der Waals surface area contributed by atoms with Crippen LogP contribution in [0.5, 0.6) is 23.0 Å². The predicted molar refractivity (Wildman–Crippen MR) is 101 cm³/mol. The van der Waals surface area contributed by atoms with E-state index in [4.69, 9.17) is 18.9 Å². The van der Waals surface area contributed by atoms with Crippen LogP contribution in [0.2, 0.25) is 0 Å². The van der Waals surface area contributed by atoms with E-state index in [1.54, 1.807) is 31.2 Å². The second-order valence-electron chi connectivity index (χ2n) is 5.31. The summed E-state index contributed by atoms with van der Waals surface area (Å²) in [6, 6.07) is 7.91. The average molecular weight is 372 g/mol. The quantitative estimate of drug-likeness (QED) is 0.697. The minimum Gasteiger partial charge on any atom is -0.493 e. The van der Waals surface area contributed by atoms with Gasteiger partial charge in [-0.25, -0.2) is 0 Å². The predicted octanol–water partition coefficient (Wildman–Crippen LogP) is 4.24. The van der Waals surface area contributed by atoms with Crippen molar-refractivity contribution in [1.29, 1.82) is 5.39 Å². The van der Waals surface area contributed by atoms with Gasteiger partial charge in [-0.05, 0) is 32.0 Å². The van der Waals surface area contributed by atoms with Gasteiger partial charge >= 0.3 is 5.69 Å². The first-order valence-corrected chi connectivity index (χ1v) is 8.40. The number of carbonyl (C=O) groups excluding carboxylic acids is 1. The minimum atomic E-state index is -0.368. The van der Waals surface area contributed by atoms with Gasteiger partial charge in [0.1, 0.15) is 0 Å². The van der Waals surface area contributed by atoms with E-state index >= 15 is 0 Å². The van der Waals surface area contributed by atoms with E-state index in [2.05, 4.69) is 10.3 Å². The topological polar surface area (TPSA) is 94.2 Å². The van der Waals surface area contributed by atoms with Gasteiger partial charge in [0.25, 0.3) is 5.91 Å². The fourth-order valence-electron chi connectivity index (χ4n) is 2.44. The number of ether oxygens (including phenoxy) is 4. The van der Waals surface area contributed by atoms with Gasteiger partial charge in [0, 0.05) is 11.6 Å². The van der Waals surface area contributed by atoms with Crippen LogP contribution in [0, 0.1) is 5.39 Å². The molecule has 0 aliphatic carbocycles. The molecule has 2 aromatic rings. The van der Waals surface area contributed by atoms with Crippen molar-refractivity contribution in [2.24, 2.45) is 0 Å². The molecule has 142 valence electrons. The van der Waals surface area contributed by atoms with Crippen LogP contribution in [-0.4, -0.2) is 33.3 Å². The lowest BCUT2D eigenvalue weighted by Crippen LogP contribution is -2.13. The normalized spacial score (nSPS) is 9.89. The smallest absolute Gasteiger partial charge is 0.430 e. The Morgan fingerprint density at radius 1 is 0.963 bits per heavy atom. The van der Waals surface area contributed by atoms with Crippen LogP contribution >= 0.6 is 0 Å². The second-order valence-corrected chi connectivity index (χ2v) is 5.31. The molecule has 0 radical (unpaired) electrons. The number of carbonyl (C=O) groups is 1. The highest BCUT2D eigenvalue weighted by Crippen LogP contribution is 2.39. The Labute approximate surface area is 157 Å². The Hall–Kier alpha value is -3.47. The van der Waals surface area contributed by atoms with Crippen LogP contribution in [0.15, 0.2) is 30.3 Å². The van der Waals surface area contributed by atoms with Crippen molar-refractivity contribution in [3.63, 3.8) is 0 Å². The molecule has 0 fully saturated rings. The van der Waals surface area contributed by atoms with E-state index < -0.39 is 0 Å². The Morgan fingerprint density at radius 3 is 2.22 bits per heavy atom. The van der Waals surface area contributed by atoms with E-state index in [0.717, 1.165) is 0 Å². The maximum atomic E-state index is 12.7. The number of benzene rings is 2. The van der Waals surface area contributed by atoms with Gasteiger partial charge in [-0.1, -0.05) is 0 Å². The minimum absolute atomic E-state index is 0.212. The van der Waals surface area contributed by atoms with Crippen molar-refractivity contribution >= 4 is 17.3 Å². The molecule has 2 aromatic carbocycles. The van der Waals surface area contributed by atoms with Gasteiger partial charge in [0.2, 0.25) is 11.1 Å². The monoisotopic (exact) mass is 372 g/mol. The molecule has 0 unspecified atom stereocenters. The number of rotatable bonds is 8. The summed E-state index contributed by atoms with van der Waals surface area (Å²) in [5.41, 5.74) is 0.987. The first-order valence-electron chi connectivity index (χ1n) is 8.40. The first kappa shape index (κ1) is 19.8. The fraction of sp³-hybridized carbons (Fsp3) is 0.316. The Morgan fingerprint density at radius 2 is 1.63 bits per heavy atom. The van der Waals surface area contributed by atoms with Crippen LogP contribution in [-0.2, 0) is 0 Å². The number of hydrogen-bond acceptors (Lipinski definition) is 6. The zero-order valence-electron chi connectivity index (χ0n) is 15.7. The molecule has 2 rings (SSSR count). The van der Waals surface area contributed by atoms with E-state index in [0.29, 0.717) is 47.5 Å². The molecule has 0 atom stereocenters. The van der Waals surface area contributed by atoms with Gasteiger partial charge in [-0.15, -0.1) is 0 Å². The number of methoxy groups -OCH3 is 2. The van der Waals surface area contributed by atoms with Crippen LogP contribution in [0.1, 0.15) is 24.2 Å². The standard InChI is InChI=1S/C19H21N3O5/c1-5-26-16-11-14(22-20)17(27-6-2)10-13(16)21-19(23)12-7-8-15(24-3)18(9-12)25-4/h7-11H,5-6H2,1-4H3/p+1. The lowest BCUT2D eigenvalue weighted by atomic mass is 10.1. The summed E-state index contributed by atoms with van der Waals surface area (Å²) in [4.78, 5) is 15.9. The van der Waals surface area contributed by atoms with Crippen LogP contribution in [0.4, 0.5) is 11.4 Å². The number of anilines is 1. The van der Waals surface area contributed by atoms with Crippen LogP contribution < -0.4 is 24.3 Å². The van der Waals surface area contributed by atoms with Crippen molar-refractivity contribution < 1.29 is 23.7 Å².